The molecule has 0 saturated heterocycles. The maximum absolute atomic E-state index is 11.4. The summed E-state index contributed by atoms with van der Waals surface area (Å²) < 4.78 is 0. The zero-order chi connectivity index (χ0) is 14.3. The summed E-state index contributed by atoms with van der Waals surface area (Å²) in [4.78, 5) is 36.4. The van der Waals surface area contributed by atoms with Crippen molar-refractivity contribution in [3.63, 3.8) is 0 Å². The number of carboxylic acids is 2. The van der Waals surface area contributed by atoms with Crippen LogP contribution in [0.2, 0.25) is 0 Å². The van der Waals surface area contributed by atoms with Crippen LogP contribution in [0.25, 0.3) is 0 Å². The van der Waals surface area contributed by atoms with Crippen molar-refractivity contribution in [3.05, 3.63) is 30.1 Å². The normalized spacial score (nSPS) is 11.4. The molecular formula is C11H13N3O5. The molecule has 0 saturated carbocycles. The molecule has 0 fully saturated rings. The number of aromatic nitrogens is 1. The van der Waals surface area contributed by atoms with Gasteiger partial charge in [-0.15, -0.1) is 0 Å². The van der Waals surface area contributed by atoms with Gasteiger partial charge in [-0.05, 0) is 11.6 Å². The molecule has 2 amide bonds. The summed E-state index contributed by atoms with van der Waals surface area (Å²) in [7, 11) is 0. The van der Waals surface area contributed by atoms with Crippen LogP contribution >= 0.6 is 0 Å². The molecular weight excluding hydrogens is 254 g/mol. The van der Waals surface area contributed by atoms with E-state index in [1.165, 1.54) is 0 Å². The maximum Gasteiger partial charge on any atom is 0.326 e. The Balaban J connectivity index is 2.45. The van der Waals surface area contributed by atoms with Gasteiger partial charge in [0.05, 0.1) is 6.42 Å². The Labute approximate surface area is 108 Å². The van der Waals surface area contributed by atoms with E-state index in [9.17, 15) is 14.4 Å². The van der Waals surface area contributed by atoms with Gasteiger partial charge in [0.25, 0.3) is 0 Å². The third kappa shape index (κ3) is 5.48. The molecule has 1 aromatic rings. The van der Waals surface area contributed by atoms with Crippen molar-refractivity contribution in [2.24, 2.45) is 0 Å². The van der Waals surface area contributed by atoms with Crippen LogP contribution in [0.1, 0.15) is 12.0 Å². The number of hydrogen-bond donors (Lipinski definition) is 4. The number of rotatable bonds is 6. The molecule has 0 bridgehead atoms. The summed E-state index contributed by atoms with van der Waals surface area (Å²) in [6.07, 6.45) is 2.44. The average Bonchev–Trinajstić information content (AvgIpc) is 2.36. The van der Waals surface area contributed by atoms with Crippen molar-refractivity contribution in [2.45, 2.75) is 19.0 Å². The number of carbonyl (C=O) groups excluding carboxylic acids is 1. The first kappa shape index (κ1) is 14.4. The predicted molar refractivity (Wildman–Crippen MR) is 63.3 cm³/mol. The molecule has 0 aromatic carbocycles. The first-order valence-electron chi connectivity index (χ1n) is 5.37. The molecule has 0 unspecified atom stereocenters. The highest BCUT2D eigenvalue weighted by molar-refractivity contribution is 5.86. The van der Waals surface area contributed by atoms with Crippen molar-refractivity contribution < 1.29 is 24.6 Å². The molecule has 8 nitrogen and oxygen atoms in total. The van der Waals surface area contributed by atoms with Gasteiger partial charge in [0.2, 0.25) is 0 Å². The highest BCUT2D eigenvalue weighted by Crippen LogP contribution is 1.95. The van der Waals surface area contributed by atoms with E-state index >= 15 is 0 Å². The van der Waals surface area contributed by atoms with Crippen molar-refractivity contribution in [3.8, 4) is 0 Å². The first-order chi connectivity index (χ1) is 8.99. The van der Waals surface area contributed by atoms with Crippen molar-refractivity contribution >= 4 is 18.0 Å². The summed E-state index contributed by atoms with van der Waals surface area (Å²) in [5, 5.41) is 21.7. The SMILES string of the molecule is O=C(O)C[C@H](NC(=O)NCc1cccnc1)C(=O)O. The number of nitrogens with zero attached hydrogens (tertiary/aromatic N) is 1. The molecule has 1 heterocycles. The van der Waals surface area contributed by atoms with Crippen molar-refractivity contribution in [2.75, 3.05) is 0 Å². The number of nitrogens with one attached hydrogen (secondary N) is 2. The van der Waals surface area contributed by atoms with E-state index in [4.69, 9.17) is 10.2 Å². The summed E-state index contributed by atoms with van der Waals surface area (Å²) in [6.45, 7) is 0.166. The van der Waals surface area contributed by atoms with Crippen molar-refractivity contribution in [1.82, 2.24) is 15.6 Å². The summed E-state index contributed by atoms with van der Waals surface area (Å²) >= 11 is 0. The smallest absolute Gasteiger partial charge is 0.326 e. The molecule has 1 aromatic heterocycles. The van der Waals surface area contributed by atoms with E-state index in [2.05, 4.69) is 15.6 Å². The summed E-state index contributed by atoms with van der Waals surface area (Å²) in [6, 6.07) is 1.21. The van der Waals surface area contributed by atoms with Crippen LogP contribution in [0.15, 0.2) is 24.5 Å². The highest BCUT2D eigenvalue weighted by Gasteiger charge is 2.22. The number of carboxylic acid groups (broad SMARTS) is 2. The lowest BCUT2D eigenvalue weighted by molar-refractivity contribution is -0.145. The topological polar surface area (TPSA) is 129 Å². The number of carbonyl (C=O) groups is 3. The molecule has 19 heavy (non-hydrogen) atoms. The number of hydrogen-bond acceptors (Lipinski definition) is 4. The minimum absolute atomic E-state index is 0.166. The molecule has 1 atom stereocenters. The van der Waals surface area contributed by atoms with Crippen LogP contribution < -0.4 is 10.6 Å². The van der Waals surface area contributed by atoms with Crippen LogP contribution in [0, 0.1) is 0 Å². The van der Waals surface area contributed by atoms with Crippen LogP contribution in [0.5, 0.6) is 0 Å². The Morgan fingerprint density at radius 1 is 1.32 bits per heavy atom. The Morgan fingerprint density at radius 2 is 2.05 bits per heavy atom. The standard InChI is InChI=1S/C11H13N3O5/c15-9(16)4-8(10(17)18)14-11(19)13-6-7-2-1-3-12-5-7/h1-3,5,8H,4,6H2,(H,15,16)(H,17,18)(H2,13,14,19)/t8-/m0/s1. The number of aliphatic carboxylic acids is 2. The minimum Gasteiger partial charge on any atom is -0.481 e. The molecule has 0 aliphatic rings. The molecule has 0 aliphatic heterocycles. The zero-order valence-electron chi connectivity index (χ0n) is 9.87. The lowest BCUT2D eigenvalue weighted by Gasteiger charge is -2.13. The van der Waals surface area contributed by atoms with Gasteiger partial charge < -0.3 is 20.8 Å². The zero-order valence-corrected chi connectivity index (χ0v) is 9.87. The second kappa shape index (κ2) is 6.94. The van der Waals surface area contributed by atoms with Gasteiger partial charge in [0, 0.05) is 18.9 Å². The Morgan fingerprint density at radius 3 is 2.58 bits per heavy atom. The lowest BCUT2D eigenvalue weighted by atomic mass is 10.2. The maximum atomic E-state index is 11.4. The molecule has 8 heteroatoms. The molecule has 0 aliphatic carbocycles. The van der Waals surface area contributed by atoms with Gasteiger partial charge in [-0.1, -0.05) is 6.07 Å². The number of pyridine rings is 1. The van der Waals surface area contributed by atoms with Crippen LogP contribution in [-0.4, -0.2) is 39.2 Å². The monoisotopic (exact) mass is 267 g/mol. The van der Waals surface area contributed by atoms with Gasteiger partial charge in [-0.2, -0.15) is 0 Å². The summed E-state index contributed by atoms with van der Waals surface area (Å²) in [5.74, 6) is -2.71. The number of amides is 2. The van der Waals surface area contributed by atoms with Gasteiger partial charge in [0.1, 0.15) is 6.04 Å². The average molecular weight is 267 g/mol. The molecule has 0 radical (unpaired) electrons. The van der Waals surface area contributed by atoms with Crippen LogP contribution in [0.4, 0.5) is 4.79 Å². The Kier molecular flexibility index (Phi) is 5.27. The Bertz CT molecular complexity index is 463. The third-order valence-electron chi connectivity index (χ3n) is 2.16. The quantitative estimate of drug-likeness (QED) is 0.565. The highest BCUT2D eigenvalue weighted by atomic mass is 16.4. The van der Waals surface area contributed by atoms with Gasteiger partial charge in [-0.25, -0.2) is 9.59 Å². The Hall–Kier alpha value is -2.64. The van der Waals surface area contributed by atoms with E-state index in [0.717, 1.165) is 5.56 Å². The van der Waals surface area contributed by atoms with Gasteiger partial charge in [-0.3, -0.25) is 9.78 Å². The van der Waals surface area contributed by atoms with Crippen LogP contribution in [0.3, 0.4) is 0 Å². The number of urea groups is 1. The predicted octanol–water partition coefficient (Wildman–Crippen LogP) is -0.191. The summed E-state index contributed by atoms with van der Waals surface area (Å²) in [5.41, 5.74) is 0.739. The van der Waals surface area contributed by atoms with Gasteiger partial charge >= 0.3 is 18.0 Å². The molecule has 0 spiro atoms. The van der Waals surface area contributed by atoms with E-state index < -0.39 is 30.4 Å². The van der Waals surface area contributed by atoms with Crippen LogP contribution in [-0.2, 0) is 16.1 Å². The third-order valence-corrected chi connectivity index (χ3v) is 2.16. The second-order valence-electron chi connectivity index (χ2n) is 3.68. The van der Waals surface area contributed by atoms with Crippen molar-refractivity contribution in [1.29, 1.82) is 0 Å². The molecule has 4 N–H and O–H groups in total. The largest absolute Gasteiger partial charge is 0.481 e. The van der Waals surface area contributed by atoms with Gasteiger partial charge in [0.15, 0.2) is 0 Å². The first-order valence-corrected chi connectivity index (χ1v) is 5.37. The fourth-order valence-corrected chi connectivity index (χ4v) is 1.27. The van der Waals surface area contributed by atoms with E-state index in [1.54, 1.807) is 24.5 Å². The van der Waals surface area contributed by atoms with E-state index in [1.807, 2.05) is 0 Å². The molecule has 1 rings (SSSR count). The fraction of sp³-hybridized carbons (Fsp3) is 0.273. The van der Waals surface area contributed by atoms with E-state index in [-0.39, 0.29) is 6.54 Å². The second-order valence-corrected chi connectivity index (χ2v) is 3.68. The fourth-order valence-electron chi connectivity index (χ4n) is 1.27. The van der Waals surface area contributed by atoms with E-state index in [0.29, 0.717) is 0 Å². The lowest BCUT2D eigenvalue weighted by Crippen LogP contribution is -2.46. The molecule has 102 valence electrons. The minimum atomic E-state index is -1.47.